The topological polar surface area (TPSA) is 100 Å². The lowest BCUT2D eigenvalue weighted by atomic mass is 10.1. The lowest BCUT2D eigenvalue weighted by molar-refractivity contribution is -0.137. The molecule has 1 aromatic heterocycles. The molecule has 2 rings (SSSR count). The van der Waals surface area contributed by atoms with E-state index in [9.17, 15) is 9.59 Å². The molecule has 7 heteroatoms. The van der Waals surface area contributed by atoms with E-state index in [0.717, 1.165) is 0 Å². The molecule has 1 heterocycles. The molecule has 1 aromatic carbocycles. The Kier molecular flexibility index (Phi) is 3.62. The molecule has 19 heavy (non-hydrogen) atoms. The molecule has 98 valence electrons. The van der Waals surface area contributed by atoms with Crippen LogP contribution in [0.15, 0.2) is 18.2 Å². The number of rotatable bonds is 4. The summed E-state index contributed by atoms with van der Waals surface area (Å²) in [5.41, 5.74) is 1.07. The van der Waals surface area contributed by atoms with Gasteiger partial charge in [-0.3, -0.25) is 9.59 Å². The summed E-state index contributed by atoms with van der Waals surface area (Å²) >= 11 is 5.96. The second-order valence-corrected chi connectivity index (χ2v) is 4.28. The predicted octanol–water partition coefficient (Wildman–Crippen LogP) is 1.54. The number of hydrogen-bond acceptors (Lipinski definition) is 4. The zero-order valence-electron chi connectivity index (χ0n) is 9.63. The molecule has 0 saturated heterocycles. The zero-order chi connectivity index (χ0) is 14.0. The van der Waals surface area contributed by atoms with Crippen LogP contribution in [0.1, 0.15) is 11.4 Å². The average molecular weight is 281 g/mol. The second-order valence-electron chi connectivity index (χ2n) is 3.92. The van der Waals surface area contributed by atoms with Crippen molar-refractivity contribution < 1.29 is 19.8 Å². The number of carbonyl (C=O) groups is 2. The Hall–Kier alpha value is -2.21. The van der Waals surface area contributed by atoms with E-state index in [1.54, 1.807) is 18.2 Å². The maximum Gasteiger partial charge on any atom is 0.311 e. The van der Waals surface area contributed by atoms with Gasteiger partial charge in [-0.2, -0.15) is 0 Å². The summed E-state index contributed by atoms with van der Waals surface area (Å²) in [4.78, 5) is 29.2. The van der Waals surface area contributed by atoms with E-state index in [-0.39, 0.29) is 23.8 Å². The van der Waals surface area contributed by atoms with Crippen LogP contribution in [0.4, 0.5) is 0 Å². The highest BCUT2D eigenvalue weighted by Gasteiger charge is 2.10. The highest BCUT2D eigenvalue weighted by molar-refractivity contribution is 6.34. The van der Waals surface area contributed by atoms with Crippen molar-refractivity contribution in [2.75, 3.05) is 0 Å². The monoisotopic (exact) mass is 280 g/mol. The van der Waals surface area contributed by atoms with Crippen molar-refractivity contribution in [1.29, 1.82) is 0 Å². The molecule has 0 aliphatic heterocycles. The molecule has 2 N–H and O–H groups in total. The van der Waals surface area contributed by atoms with Gasteiger partial charge in [0, 0.05) is 5.39 Å². The van der Waals surface area contributed by atoms with Crippen molar-refractivity contribution in [1.82, 2.24) is 9.97 Å². The first kappa shape index (κ1) is 13.2. The van der Waals surface area contributed by atoms with Crippen LogP contribution in [0, 0.1) is 0 Å². The quantitative estimate of drug-likeness (QED) is 0.824. The van der Waals surface area contributed by atoms with Crippen LogP contribution in [0.25, 0.3) is 10.9 Å². The third-order valence-corrected chi connectivity index (χ3v) is 2.71. The number of aromatic nitrogens is 2. The van der Waals surface area contributed by atoms with Gasteiger partial charge in [-0.15, -0.1) is 0 Å². The molecule has 0 unspecified atom stereocenters. The summed E-state index contributed by atoms with van der Waals surface area (Å²) in [7, 11) is 0. The van der Waals surface area contributed by atoms with Crippen LogP contribution in [0.2, 0.25) is 5.15 Å². The number of carboxylic acid groups (broad SMARTS) is 2. The van der Waals surface area contributed by atoms with Crippen molar-refractivity contribution >= 4 is 34.4 Å². The molecular weight excluding hydrogens is 272 g/mol. The van der Waals surface area contributed by atoms with Gasteiger partial charge in [-0.05, 0) is 17.7 Å². The Morgan fingerprint density at radius 2 is 1.79 bits per heavy atom. The van der Waals surface area contributed by atoms with Gasteiger partial charge >= 0.3 is 11.9 Å². The van der Waals surface area contributed by atoms with Gasteiger partial charge in [0.15, 0.2) is 0 Å². The maximum atomic E-state index is 10.6. The van der Waals surface area contributed by atoms with Gasteiger partial charge in [0.05, 0.1) is 11.9 Å². The smallest absolute Gasteiger partial charge is 0.311 e. The van der Waals surface area contributed by atoms with Crippen LogP contribution in [0.5, 0.6) is 0 Å². The molecule has 6 nitrogen and oxygen atoms in total. The molecule has 0 spiro atoms. The van der Waals surface area contributed by atoms with E-state index in [0.29, 0.717) is 16.5 Å². The molecule has 0 radical (unpaired) electrons. The third kappa shape index (κ3) is 3.17. The number of nitrogens with zero attached hydrogens (tertiary/aromatic N) is 2. The molecule has 2 aromatic rings. The summed E-state index contributed by atoms with van der Waals surface area (Å²) in [6, 6.07) is 4.81. The Bertz CT molecular complexity index is 672. The van der Waals surface area contributed by atoms with E-state index in [2.05, 4.69) is 9.97 Å². The van der Waals surface area contributed by atoms with Gasteiger partial charge in [0.2, 0.25) is 0 Å². The predicted molar refractivity (Wildman–Crippen MR) is 67.2 cm³/mol. The van der Waals surface area contributed by atoms with Gasteiger partial charge < -0.3 is 10.2 Å². The van der Waals surface area contributed by atoms with Gasteiger partial charge in [0.25, 0.3) is 0 Å². The minimum Gasteiger partial charge on any atom is -0.481 e. The Labute approximate surface area is 112 Å². The fraction of sp³-hybridized carbons (Fsp3) is 0.167. The number of hydrogen-bond donors (Lipinski definition) is 2. The lowest BCUT2D eigenvalue weighted by Gasteiger charge is -2.04. The minimum absolute atomic E-state index is 0.119. The molecule has 0 bridgehead atoms. The van der Waals surface area contributed by atoms with Crippen LogP contribution in [0.3, 0.4) is 0 Å². The van der Waals surface area contributed by atoms with Crippen LogP contribution >= 0.6 is 11.6 Å². The molecule has 0 atom stereocenters. The largest absolute Gasteiger partial charge is 0.481 e. The van der Waals surface area contributed by atoms with E-state index < -0.39 is 11.9 Å². The SMILES string of the molecule is O=C(O)Cc1ccc2nc(CC(=O)O)nc(Cl)c2c1. The zero-order valence-corrected chi connectivity index (χ0v) is 10.4. The normalized spacial score (nSPS) is 10.6. The number of fused-ring (bicyclic) bond motifs is 1. The van der Waals surface area contributed by atoms with Crippen molar-refractivity contribution in [3.63, 3.8) is 0 Å². The number of benzene rings is 1. The average Bonchev–Trinajstić information content (AvgIpc) is 2.28. The van der Waals surface area contributed by atoms with Crippen molar-refractivity contribution in [3.05, 3.63) is 34.7 Å². The first-order valence-electron chi connectivity index (χ1n) is 5.34. The fourth-order valence-corrected chi connectivity index (χ4v) is 1.93. The summed E-state index contributed by atoms with van der Waals surface area (Å²) in [5.74, 6) is -1.87. The lowest BCUT2D eigenvalue weighted by Crippen LogP contribution is -2.06. The highest BCUT2D eigenvalue weighted by atomic mass is 35.5. The summed E-state index contributed by atoms with van der Waals surface area (Å²) < 4.78 is 0. The van der Waals surface area contributed by atoms with Gasteiger partial charge in [0.1, 0.15) is 17.4 Å². The van der Waals surface area contributed by atoms with E-state index in [4.69, 9.17) is 21.8 Å². The molecule has 0 fully saturated rings. The Balaban J connectivity index is 2.47. The van der Waals surface area contributed by atoms with Gasteiger partial charge in [-0.25, -0.2) is 9.97 Å². The molecular formula is C12H9ClN2O4. The molecule has 0 aliphatic carbocycles. The van der Waals surface area contributed by atoms with Crippen molar-refractivity contribution in [3.8, 4) is 0 Å². The summed E-state index contributed by atoms with van der Waals surface area (Å²) in [6.45, 7) is 0. The third-order valence-electron chi connectivity index (χ3n) is 2.42. The minimum atomic E-state index is -1.04. The number of carboxylic acids is 2. The number of aliphatic carboxylic acids is 2. The highest BCUT2D eigenvalue weighted by Crippen LogP contribution is 2.22. The molecule has 0 saturated carbocycles. The first-order chi connectivity index (χ1) is 8.95. The van der Waals surface area contributed by atoms with Crippen LogP contribution < -0.4 is 0 Å². The van der Waals surface area contributed by atoms with Crippen LogP contribution in [-0.2, 0) is 22.4 Å². The summed E-state index contributed by atoms with van der Waals surface area (Å²) in [6.07, 6.45) is -0.435. The van der Waals surface area contributed by atoms with E-state index >= 15 is 0 Å². The van der Waals surface area contributed by atoms with E-state index in [1.165, 1.54) is 0 Å². The maximum absolute atomic E-state index is 10.6. The standard InChI is InChI=1S/C12H9ClN2O4/c13-12-7-3-6(4-10(16)17)1-2-8(7)14-9(15-12)5-11(18)19/h1-3H,4-5H2,(H,16,17)(H,18,19). The first-order valence-corrected chi connectivity index (χ1v) is 5.72. The van der Waals surface area contributed by atoms with Crippen molar-refractivity contribution in [2.45, 2.75) is 12.8 Å². The van der Waals surface area contributed by atoms with Crippen molar-refractivity contribution in [2.24, 2.45) is 0 Å². The Morgan fingerprint density at radius 3 is 2.42 bits per heavy atom. The Morgan fingerprint density at radius 1 is 1.11 bits per heavy atom. The summed E-state index contributed by atoms with van der Waals surface area (Å²) in [5, 5.41) is 18.0. The fourth-order valence-electron chi connectivity index (χ4n) is 1.68. The molecule has 0 aliphatic rings. The van der Waals surface area contributed by atoms with Gasteiger partial charge in [-0.1, -0.05) is 17.7 Å². The van der Waals surface area contributed by atoms with E-state index in [1.807, 2.05) is 0 Å². The second kappa shape index (κ2) is 5.19. The number of halogens is 1. The molecule has 0 amide bonds. The van der Waals surface area contributed by atoms with Crippen LogP contribution in [-0.4, -0.2) is 32.1 Å².